The molecular weight excluding hydrogens is 222 g/mol. The fraction of sp³-hybridized carbons (Fsp3) is 0.625. The van der Waals surface area contributed by atoms with Crippen molar-refractivity contribution in [1.82, 2.24) is 5.32 Å². The summed E-state index contributed by atoms with van der Waals surface area (Å²) in [5.74, 6) is 2.06. The van der Waals surface area contributed by atoms with Gasteiger partial charge in [0.25, 0.3) is 0 Å². The van der Waals surface area contributed by atoms with Crippen molar-refractivity contribution in [2.45, 2.75) is 45.1 Å². The molecule has 0 radical (unpaired) electrons. The molecule has 2 heteroatoms. The van der Waals surface area contributed by atoms with Crippen LogP contribution in [0, 0.1) is 11.8 Å². The molecule has 2 N–H and O–H groups in total. The molecule has 2 rings (SSSR count). The van der Waals surface area contributed by atoms with E-state index in [1.165, 1.54) is 31.2 Å². The average molecular weight is 247 g/mol. The molecule has 0 spiro atoms. The number of aromatic hydroxyl groups is 1. The number of phenols is 1. The summed E-state index contributed by atoms with van der Waals surface area (Å²) in [5.41, 5.74) is 1.23. The summed E-state index contributed by atoms with van der Waals surface area (Å²) in [6, 6.07) is 8.20. The predicted molar refractivity (Wildman–Crippen MR) is 75.8 cm³/mol. The minimum atomic E-state index is 0.375. The van der Waals surface area contributed by atoms with Crippen molar-refractivity contribution in [3.8, 4) is 5.75 Å². The SMILES string of the molecule is CNC(Cc1cccc(O)c1)C1CCC(C)CC1. The van der Waals surface area contributed by atoms with Crippen LogP contribution in [0.1, 0.15) is 38.2 Å². The molecule has 0 aliphatic heterocycles. The highest BCUT2D eigenvalue weighted by Gasteiger charge is 2.25. The van der Waals surface area contributed by atoms with E-state index in [1.807, 2.05) is 12.1 Å². The molecule has 0 saturated heterocycles. The summed E-state index contributed by atoms with van der Waals surface area (Å²) in [6.07, 6.45) is 6.42. The van der Waals surface area contributed by atoms with Gasteiger partial charge < -0.3 is 10.4 Å². The van der Waals surface area contributed by atoms with Gasteiger partial charge in [0, 0.05) is 6.04 Å². The van der Waals surface area contributed by atoms with E-state index in [-0.39, 0.29) is 0 Å². The second-order valence-corrected chi connectivity index (χ2v) is 5.79. The monoisotopic (exact) mass is 247 g/mol. The highest BCUT2D eigenvalue weighted by Crippen LogP contribution is 2.31. The lowest BCUT2D eigenvalue weighted by molar-refractivity contribution is 0.235. The maximum absolute atomic E-state index is 9.52. The number of phenolic OH excluding ortho intramolecular Hbond substituents is 1. The molecule has 0 bridgehead atoms. The molecule has 0 heterocycles. The molecule has 1 aromatic rings. The first kappa shape index (κ1) is 13.4. The van der Waals surface area contributed by atoms with Gasteiger partial charge in [-0.1, -0.05) is 31.9 Å². The Kier molecular flexibility index (Phi) is 4.65. The van der Waals surface area contributed by atoms with Crippen LogP contribution in [-0.4, -0.2) is 18.2 Å². The molecule has 1 aliphatic carbocycles. The zero-order chi connectivity index (χ0) is 13.0. The molecule has 1 fully saturated rings. The summed E-state index contributed by atoms with van der Waals surface area (Å²) in [4.78, 5) is 0. The van der Waals surface area contributed by atoms with Crippen LogP contribution in [0.25, 0.3) is 0 Å². The fourth-order valence-corrected chi connectivity index (χ4v) is 3.13. The van der Waals surface area contributed by atoms with Gasteiger partial charge in [0.2, 0.25) is 0 Å². The van der Waals surface area contributed by atoms with Crippen molar-refractivity contribution in [2.24, 2.45) is 11.8 Å². The number of benzene rings is 1. The topological polar surface area (TPSA) is 32.3 Å². The lowest BCUT2D eigenvalue weighted by Crippen LogP contribution is -2.37. The van der Waals surface area contributed by atoms with E-state index in [9.17, 15) is 5.11 Å². The van der Waals surface area contributed by atoms with E-state index in [0.717, 1.165) is 18.3 Å². The van der Waals surface area contributed by atoms with E-state index in [2.05, 4.69) is 25.4 Å². The quantitative estimate of drug-likeness (QED) is 0.855. The molecule has 1 saturated carbocycles. The first-order valence-corrected chi connectivity index (χ1v) is 7.14. The summed E-state index contributed by atoms with van der Waals surface area (Å²) in [7, 11) is 2.06. The van der Waals surface area contributed by atoms with Gasteiger partial charge in [0.15, 0.2) is 0 Å². The number of likely N-dealkylation sites (N-methyl/N-ethyl adjacent to an activating group) is 1. The van der Waals surface area contributed by atoms with Gasteiger partial charge in [-0.15, -0.1) is 0 Å². The third-order valence-electron chi connectivity index (χ3n) is 4.37. The third kappa shape index (κ3) is 3.49. The number of rotatable bonds is 4. The number of hydrogen-bond donors (Lipinski definition) is 2. The van der Waals surface area contributed by atoms with Crippen LogP contribution >= 0.6 is 0 Å². The van der Waals surface area contributed by atoms with Crippen molar-refractivity contribution < 1.29 is 5.11 Å². The van der Waals surface area contributed by atoms with Crippen LogP contribution in [-0.2, 0) is 6.42 Å². The van der Waals surface area contributed by atoms with Crippen molar-refractivity contribution >= 4 is 0 Å². The summed E-state index contributed by atoms with van der Waals surface area (Å²) in [5, 5.41) is 13.0. The summed E-state index contributed by atoms with van der Waals surface area (Å²) < 4.78 is 0. The standard InChI is InChI=1S/C16H25NO/c1-12-6-8-14(9-7-12)16(17-2)11-13-4-3-5-15(18)10-13/h3-5,10,12,14,16-18H,6-9,11H2,1-2H3. The van der Waals surface area contributed by atoms with E-state index in [0.29, 0.717) is 11.8 Å². The van der Waals surface area contributed by atoms with E-state index < -0.39 is 0 Å². The zero-order valence-corrected chi connectivity index (χ0v) is 11.5. The molecule has 1 aliphatic rings. The summed E-state index contributed by atoms with van der Waals surface area (Å²) in [6.45, 7) is 2.36. The molecule has 100 valence electrons. The van der Waals surface area contributed by atoms with Gasteiger partial charge in [-0.3, -0.25) is 0 Å². The highest BCUT2D eigenvalue weighted by atomic mass is 16.3. The molecule has 1 unspecified atom stereocenters. The maximum Gasteiger partial charge on any atom is 0.115 e. The lowest BCUT2D eigenvalue weighted by atomic mass is 9.78. The van der Waals surface area contributed by atoms with Crippen molar-refractivity contribution in [3.05, 3.63) is 29.8 Å². The van der Waals surface area contributed by atoms with Gasteiger partial charge >= 0.3 is 0 Å². The Bertz CT molecular complexity index is 369. The predicted octanol–water partition coefficient (Wildman–Crippen LogP) is 3.35. The first-order chi connectivity index (χ1) is 8.69. The zero-order valence-electron chi connectivity index (χ0n) is 11.5. The summed E-state index contributed by atoms with van der Waals surface area (Å²) >= 11 is 0. The van der Waals surface area contributed by atoms with Gasteiger partial charge in [-0.2, -0.15) is 0 Å². The Morgan fingerprint density at radius 3 is 2.61 bits per heavy atom. The van der Waals surface area contributed by atoms with E-state index >= 15 is 0 Å². The van der Waals surface area contributed by atoms with Crippen LogP contribution in [0.2, 0.25) is 0 Å². The molecule has 18 heavy (non-hydrogen) atoms. The minimum Gasteiger partial charge on any atom is -0.508 e. The van der Waals surface area contributed by atoms with Gasteiger partial charge in [0.1, 0.15) is 5.75 Å². The maximum atomic E-state index is 9.52. The second-order valence-electron chi connectivity index (χ2n) is 5.79. The van der Waals surface area contributed by atoms with Gasteiger partial charge in [-0.05, 0) is 55.8 Å². The Hall–Kier alpha value is -1.02. The second kappa shape index (κ2) is 6.24. The lowest BCUT2D eigenvalue weighted by Gasteiger charge is -2.32. The smallest absolute Gasteiger partial charge is 0.115 e. The van der Waals surface area contributed by atoms with Crippen molar-refractivity contribution in [2.75, 3.05) is 7.05 Å². The minimum absolute atomic E-state index is 0.375. The molecule has 2 nitrogen and oxygen atoms in total. The van der Waals surface area contributed by atoms with Crippen molar-refractivity contribution in [1.29, 1.82) is 0 Å². The largest absolute Gasteiger partial charge is 0.508 e. The Morgan fingerprint density at radius 2 is 2.00 bits per heavy atom. The fourth-order valence-electron chi connectivity index (χ4n) is 3.13. The number of nitrogens with one attached hydrogen (secondary N) is 1. The van der Waals surface area contributed by atoms with Crippen LogP contribution in [0.3, 0.4) is 0 Å². The van der Waals surface area contributed by atoms with Crippen LogP contribution in [0.5, 0.6) is 5.75 Å². The van der Waals surface area contributed by atoms with Crippen LogP contribution < -0.4 is 5.32 Å². The normalized spacial score (nSPS) is 25.9. The first-order valence-electron chi connectivity index (χ1n) is 7.14. The van der Waals surface area contributed by atoms with E-state index in [1.54, 1.807) is 6.07 Å². The van der Waals surface area contributed by atoms with Crippen LogP contribution in [0.4, 0.5) is 0 Å². The molecule has 0 amide bonds. The molecule has 0 aromatic heterocycles. The van der Waals surface area contributed by atoms with Crippen LogP contribution in [0.15, 0.2) is 24.3 Å². The van der Waals surface area contributed by atoms with Gasteiger partial charge in [0.05, 0.1) is 0 Å². The Labute approximate surface area is 110 Å². The average Bonchev–Trinajstić information content (AvgIpc) is 2.37. The molecular formula is C16H25NO. The third-order valence-corrected chi connectivity index (χ3v) is 4.37. The van der Waals surface area contributed by atoms with Gasteiger partial charge in [-0.25, -0.2) is 0 Å². The Morgan fingerprint density at radius 1 is 1.28 bits per heavy atom. The highest BCUT2D eigenvalue weighted by molar-refractivity contribution is 5.27. The van der Waals surface area contributed by atoms with Crippen molar-refractivity contribution in [3.63, 3.8) is 0 Å². The number of hydrogen-bond acceptors (Lipinski definition) is 2. The molecule has 1 aromatic carbocycles. The molecule has 1 atom stereocenters. The Balaban J connectivity index is 1.96. The van der Waals surface area contributed by atoms with E-state index in [4.69, 9.17) is 0 Å².